The van der Waals surface area contributed by atoms with E-state index in [1.165, 1.54) is 55.6 Å². The minimum Gasteiger partial charge on any atom is -0.228 e. The van der Waals surface area contributed by atoms with Crippen LogP contribution in [0.5, 0.6) is 0 Å². The molecule has 2 aliphatic rings. The molecule has 0 radical (unpaired) electrons. The van der Waals surface area contributed by atoms with Crippen LogP contribution in [0.15, 0.2) is 218 Å². The monoisotopic (exact) mass is 748 g/mol. The molecular formula is C57H36N2. The Balaban J connectivity index is 1.10. The van der Waals surface area contributed by atoms with Crippen molar-refractivity contribution in [3.63, 3.8) is 0 Å². The Labute approximate surface area is 343 Å². The van der Waals surface area contributed by atoms with E-state index in [0.717, 1.165) is 55.8 Å². The zero-order chi connectivity index (χ0) is 38.9. The van der Waals surface area contributed by atoms with Gasteiger partial charge in [-0.15, -0.1) is 0 Å². The third-order valence-corrected chi connectivity index (χ3v) is 12.5. The Morgan fingerprint density at radius 2 is 0.729 bits per heavy atom. The number of hydrogen-bond acceptors (Lipinski definition) is 2. The fourth-order valence-electron chi connectivity index (χ4n) is 9.98. The molecule has 10 aromatic rings. The lowest BCUT2D eigenvalue weighted by molar-refractivity contribution is 0.794. The Morgan fingerprint density at radius 1 is 0.288 bits per heavy atom. The topological polar surface area (TPSA) is 25.8 Å². The quantitative estimate of drug-likeness (QED) is 0.175. The Hall–Kier alpha value is -7.68. The first kappa shape index (κ1) is 33.5. The van der Waals surface area contributed by atoms with Crippen molar-refractivity contribution in [3.05, 3.63) is 241 Å². The summed E-state index contributed by atoms with van der Waals surface area (Å²) in [6.07, 6.45) is 0. The van der Waals surface area contributed by atoms with Crippen molar-refractivity contribution in [1.29, 1.82) is 0 Å². The summed E-state index contributed by atoms with van der Waals surface area (Å²) in [4.78, 5) is 11.0. The number of aromatic nitrogens is 2. The number of benzene rings is 9. The summed E-state index contributed by atoms with van der Waals surface area (Å²) in [5, 5.41) is 1.02. The molecule has 0 saturated heterocycles. The third-order valence-electron chi connectivity index (χ3n) is 12.5. The van der Waals surface area contributed by atoms with Crippen molar-refractivity contribution >= 4 is 10.9 Å². The Morgan fingerprint density at radius 3 is 1.42 bits per heavy atom. The molecule has 0 unspecified atom stereocenters. The van der Waals surface area contributed by atoms with Crippen molar-refractivity contribution in [2.24, 2.45) is 0 Å². The van der Waals surface area contributed by atoms with E-state index in [0.29, 0.717) is 0 Å². The molecule has 1 aromatic heterocycles. The SMILES string of the molecule is c1ccc(-c2cccc(-c3cc(-c4ccccc4)cc(-c4nc(-c5cccc6c5-c5ccccc5C65c6ccccc6-c6ccccc65)nc5ccccc45)c3)c2)cc1. The van der Waals surface area contributed by atoms with Gasteiger partial charge in [-0.05, 0) is 108 Å². The molecule has 59 heavy (non-hydrogen) atoms. The molecule has 0 bridgehead atoms. The molecule has 0 aliphatic heterocycles. The van der Waals surface area contributed by atoms with Gasteiger partial charge in [0, 0.05) is 16.5 Å². The van der Waals surface area contributed by atoms with Gasteiger partial charge in [-0.25, -0.2) is 9.97 Å². The van der Waals surface area contributed by atoms with Crippen LogP contribution in [0.1, 0.15) is 22.3 Å². The summed E-state index contributed by atoms with van der Waals surface area (Å²) in [6, 6.07) is 79.1. The lowest BCUT2D eigenvalue weighted by Gasteiger charge is -2.30. The maximum atomic E-state index is 5.62. The molecule has 12 rings (SSSR count). The first-order valence-electron chi connectivity index (χ1n) is 20.3. The van der Waals surface area contributed by atoms with Crippen LogP contribution in [0.25, 0.3) is 89.2 Å². The van der Waals surface area contributed by atoms with E-state index in [2.05, 4.69) is 218 Å². The molecular weight excluding hydrogens is 713 g/mol. The van der Waals surface area contributed by atoms with Gasteiger partial charge in [0.05, 0.1) is 16.6 Å². The van der Waals surface area contributed by atoms with Crippen LogP contribution >= 0.6 is 0 Å². The van der Waals surface area contributed by atoms with Gasteiger partial charge in [-0.1, -0.05) is 188 Å². The molecule has 0 saturated carbocycles. The fraction of sp³-hybridized carbons (Fsp3) is 0.0175. The van der Waals surface area contributed by atoms with Crippen molar-refractivity contribution in [3.8, 4) is 78.3 Å². The van der Waals surface area contributed by atoms with E-state index < -0.39 is 5.41 Å². The molecule has 0 atom stereocenters. The van der Waals surface area contributed by atoms with E-state index in [1.54, 1.807) is 0 Å². The number of para-hydroxylation sites is 1. The zero-order valence-corrected chi connectivity index (χ0v) is 32.2. The highest BCUT2D eigenvalue weighted by molar-refractivity contribution is 6.01. The van der Waals surface area contributed by atoms with Gasteiger partial charge in [0.2, 0.25) is 0 Å². The van der Waals surface area contributed by atoms with Gasteiger partial charge < -0.3 is 0 Å². The molecule has 2 aliphatic carbocycles. The first-order valence-corrected chi connectivity index (χ1v) is 20.3. The second kappa shape index (κ2) is 13.2. The van der Waals surface area contributed by atoms with Crippen LogP contribution in [0, 0.1) is 0 Å². The third kappa shape index (κ3) is 5.06. The highest BCUT2D eigenvalue weighted by Crippen LogP contribution is 2.63. The summed E-state index contributed by atoms with van der Waals surface area (Å²) in [7, 11) is 0. The Bertz CT molecular complexity index is 3230. The van der Waals surface area contributed by atoms with Gasteiger partial charge in [0.1, 0.15) is 0 Å². The summed E-state index contributed by atoms with van der Waals surface area (Å²) in [5.41, 5.74) is 20.7. The molecule has 2 nitrogen and oxygen atoms in total. The molecule has 1 spiro atoms. The highest BCUT2D eigenvalue weighted by Gasteiger charge is 2.52. The van der Waals surface area contributed by atoms with Gasteiger partial charge in [0.15, 0.2) is 5.82 Å². The average Bonchev–Trinajstić information content (AvgIpc) is 3.79. The molecule has 1 heterocycles. The van der Waals surface area contributed by atoms with Crippen LogP contribution in [0.3, 0.4) is 0 Å². The standard InChI is InChI=1S/C57H36N2/c1-3-17-37(18-4-1)39-21-15-22-40(33-39)42-34-41(38-19-5-2-6-20-38)35-43(36-42)55-47-26-10-14-32-53(47)58-56(59-55)48-27-16-31-52-54(48)46-25-9-13-30-51(46)57(52)49-28-11-7-23-44(49)45-24-8-12-29-50(45)57/h1-36H. The highest BCUT2D eigenvalue weighted by atomic mass is 14.9. The van der Waals surface area contributed by atoms with Crippen molar-refractivity contribution in [2.75, 3.05) is 0 Å². The minimum atomic E-state index is -0.442. The van der Waals surface area contributed by atoms with Gasteiger partial charge >= 0.3 is 0 Å². The fourth-order valence-corrected chi connectivity index (χ4v) is 9.98. The molecule has 0 N–H and O–H groups in total. The van der Waals surface area contributed by atoms with E-state index in [1.807, 2.05) is 0 Å². The molecule has 274 valence electrons. The van der Waals surface area contributed by atoms with Crippen LogP contribution in [0.2, 0.25) is 0 Å². The predicted molar refractivity (Wildman–Crippen MR) is 243 cm³/mol. The summed E-state index contributed by atoms with van der Waals surface area (Å²) < 4.78 is 0. The molecule has 0 fully saturated rings. The van der Waals surface area contributed by atoms with Crippen LogP contribution in [0.4, 0.5) is 0 Å². The molecule has 2 heteroatoms. The van der Waals surface area contributed by atoms with Crippen molar-refractivity contribution in [2.45, 2.75) is 5.41 Å². The number of rotatable bonds is 5. The van der Waals surface area contributed by atoms with Gasteiger partial charge in [-0.3, -0.25) is 0 Å². The lowest BCUT2D eigenvalue weighted by Crippen LogP contribution is -2.25. The van der Waals surface area contributed by atoms with Gasteiger partial charge in [0.25, 0.3) is 0 Å². The summed E-state index contributed by atoms with van der Waals surface area (Å²) >= 11 is 0. The normalized spacial score (nSPS) is 12.9. The first-order chi connectivity index (χ1) is 29.3. The number of fused-ring (bicyclic) bond motifs is 11. The van der Waals surface area contributed by atoms with Crippen LogP contribution in [-0.4, -0.2) is 9.97 Å². The average molecular weight is 749 g/mol. The smallest absolute Gasteiger partial charge is 0.161 e. The van der Waals surface area contributed by atoms with Crippen molar-refractivity contribution < 1.29 is 0 Å². The minimum absolute atomic E-state index is 0.442. The Kier molecular flexibility index (Phi) is 7.48. The van der Waals surface area contributed by atoms with Crippen molar-refractivity contribution in [1.82, 2.24) is 9.97 Å². The summed E-state index contributed by atoms with van der Waals surface area (Å²) in [5.74, 6) is 0.722. The van der Waals surface area contributed by atoms with E-state index in [-0.39, 0.29) is 0 Å². The van der Waals surface area contributed by atoms with Gasteiger partial charge in [-0.2, -0.15) is 0 Å². The van der Waals surface area contributed by atoms with Crippen LogP contribution < -0.4 is 0 Å². The van der Waals surface area contributed by atoms with Crippen LogP contribution in [-0.2, 0) is 5.41 Å². The lowest BCUT2D eigenvalue weighted by atomic mass is 9.70. The number of hydrogen-bond donors (Lipinski definition) is 0. The summed E-state index contributed by atoms with van der Waals surface area (Å²) in [6.45, 7) is 0. The van der Waals surface area contributed by atoms with E-state index in [9.17, 15) is 0 Å². The largest absolute Gasteiger partial charge is 0.228 e. The molecule has 0 amide bonds. The maximum Gasteiger partial charge on any atom is 0.161 e. The second-order valence-electron chi connectivity index (χ2n) is 15.6. The van der Waals surface area contributed by atoms with E-state index in [4.69, 9.17) is 9.97 Å². The zero-order valence-electron chi connectivity index (χ0n) is 32.2. The predicted octanol–water partition coefficient (Wildman–Crippen LogP) is 14.3. The molecule has 9 aromatic carbocycles. The second-order valence-corrected chi connectivity index (χ2v) is 15.6. The maximum absolute atomic E-state index is 5.62. The number of nitrogens with zero attached hydrogens (tertiary/aromatic N) is 2. The van der Waals surface area contributed by atoms with E-state index >= 15 is 0 Å².